The molecule has 0 saturated heterocycles. The first-order chi connectivity index (χ1) is 11.3. The van der Waals surface area contributed by atoms with E-state index in [-0.39, 0.29) is 5.56 Å². The molecular weight excluding hydrogens is 306 g/mol. The van der Waals surface area contributed by atoms with Gasteiger partial charge in [-0.1, -0.05) is 12.1 Å². The number of nitrogens with zero attached hydrogens (tertiary/aromatic N) is 2. The summed E-state index contributed by atoms with van der Waals surface area (Å²) in [6, 6.07) is 12.0. The van der Waals surface area contributed by atoms with E-state index in [4.69, 9.17) is 0 Å². The third kappa shape index (κ3) is 3.45. The van der Waals surface area contributed by atoms with Crippen molar-refractivity contribution in [3.05, 3.63) is 70.0 Å². The van der Waals surface area contributed by atoms with Gasteiger partial charge in [-0.15, -0.1) is 0 Å². The summed E-state index contributed by atoms with van der Waals surface area (Å²) in [6.07, 6.45) is 4.10. The average Bonchev–Trinajstić information content (AvgIpc) is 3.39. The Hall–Kier alpha value is -2.14. The van der Waals surface area contributed by atoms with Crippen LogP contribution >= 0.6 is 11.8 Å². The van der Waals surface area contributed by atoms with Gasteiger partial charge in [0.1, 0.15) is 5.82 Å². The molecule has 0 atom stereocenters. The van der Waals surface area contributed by atoms with E-state index in [2.05, 4.69) is 39.2 Å². The first-order valence-corrected chi connectivity index (χ1v) is 8.95. The number of H-pyrrole nitrogens is 1. The number of hydrogen-bond acceptors (Lipinski definition) is 4. The Morgan fingerprint density at radius 1 is 1.17 bits per heavy atom. The predicted octanol–water partition coefficient (Wildman–Crippen LogP) is 3.63. The van der Waals surface area contributed by atoms with Crippen molar-refractivity contribution in [2.24, 2.45) is 0 Å². The molecule has 4 rings (SSSR count). The smallest absolute Gasteiger partial charge is 0.251 e. The number of aromatic amines is 1. The maximum atomic E-state index is 11.7. The molecule has 1 aliphatic rings. The topological polar surface area (TPSA) is 58.6 Å². The Morgan fingerprint density at radius 2 is 2.09 bits per heavy atom. The Balaban J connectivity index is 1.43. The van der Waals surface area contributed by atoms with E-state index >= 15 is 0 Å². The van der Waals surface area contributed by atoms with Gasteiger partial charge in [0.15, 0.2) is 0 Å². The fourth-order valence-corrected chi connectivity index (χ4v) is 3.52. The summed E-state index contributed by atoms with van der Waals surface area (Å²) in [4.78, 5) is 23.5. The number of nitrogens with one attached hydrogen (secondary N) is 1. The average molecular weight is 323 g/mol. The molecule has 2 heterocycles. The summed E-state index contributed by atoms with van der Waals surface area (Å²) >= 11 is 1.78. The minimum absolute atomic E-state index is 0.0331. The molecule has 1 aliphatic carbocycles. The fraction of sp³-hybridized carbons (Fsp3) is 0.278. The highest BCUT2D eigenvalue weighted by Crippen LogP contribution is 2.37. The molecule has 0 amide bonds. The molecule has 0 aliphatic heterocycles. The molecule has 1 saturated carbocycles. The summed E-state index contributed by atoms with van der Waals surface area (Å²) in [5.74, 6) is 3.00. The maximum Gasteiger partial charge on any atom is 0.251 e. The molecule has 23 heavy (non-hydrogen) atoms. The second-order valence-corrected chi connectivity index (χ2v) is 6.91. The van der Waals surface area contributed by atoms with Gasteiger partial charge in [0.25, 0.3) is 5.56 Å². The summed E-state index contributed by atoms with van der Waals surface area (Å²) in [6.45, 7) is 0. The van der Waals surface area contributed by atoms with Crippen molar-refractivity contribution in [3.8, 4) is 0 Å². The van der Waals surface area contributed by atoms with Crippen LogP contribution in [-0.2, 0) is 11.5 Å². The molecule has 1 N–H and O–H groups in total. The van der Waals surface area contributed by atoms with Crippen molar-refractivity contribution in [1.29, 1.82) is 0 Å². The minimum Gasteiger partial charge on any atom is -0.310 e. The van der Waals surface area contributed by atoms with E-state index in [1.165, 1.54) is 5.56 Å². The predicted molar refractivity (Wildman–Crippen MR) is 93.6 cm³/mol. The van der Waals surface area contributed by atoms with Gasteiger partial charge in [0.2, 0.25) is 0 Å². The zero-order chi connectivity index (χ0) is 15.6. The molecule has 0 bridgehead atoms. The lowest BCUT2D eigenvalue weighted by molar-refractivity contribution is 0.884. The zero-order valence-corrected chi connectivity index (χ0v) is 13.5. The summed E-state index contributed by atoms with van der Waals surface area (Å²) < 4.78 is 0. The minimum atomic E-state index is -0.0331. The number of fused-ring (bicyclic) bond motifs is 1. The third-order valence-corrected chi connectivity index (χ3v) is 5.00. The lowest BCUT2D eigenvalue weighted by Gasteiger charge is -2.05. The van der Waals surface area contributed by atoms with Gasteiger partial charge in [0, 0.05) is 35.1 Å². The second-order valence-electron chi connectivity index (χ2n) is 5.92. The van der Waals surface area contributed by atoms with Crippen LogP contribution in [0, 0.1) is 0 Å². The number of pyridine rings is 1. The molecule has 1 fully saturated rings. The van der Waals surface area contributed by atoms with E-state index in [1.807, 2.05) is 12.3 Å². The van der Waals surface area contributed by atoms with Gasteiger partial charge >= 0.3 is 0 Å². The highest BCUT2D eigenvalue weighted by molar-refractivity contribution is 7.97. The number of benzene rings is 1. The van der Waals surface area contributed by atoms with Crippen LogP contribution < -0.4 is 5.56 Å². The lowest BCUT2D eigenvalue weighted by atomic mass is 10.1. The summed E-state index contributed by atoms with van der Waals surface area (Å²) in [7, 11) is 0. The van der Waals surface area contributed by atoms with Gasteiger partial charge in [-0.05, 0) is 36.6 Å². The van der Waals surface area contributed by atoms with Gasteiger partial charge < -0.3 is 4.98 Å². The molecule has 4 nitrogen and oxygen atoms in total. The van der Waals surface area contributed by atoms with E-state index in [1.54, 1.807) is 17.8 Å². The van der Waals surface area contributed by atoms with Crippen LogP contribution in [0.1, 0.15) is 35.8 Å². The normalized spacial score (nSPS) is 14.3. The molecule has 0 unspecified atom stereocenters. The maximum absolute atomic E-state index is 11.7. The Labute approximate surface area is 138 Å². The number of hydrogen-bond donors (Lipinski definition) is 1. The number of thioether (sulfide) groups is 1. The van der Waals surface area contributed by atoms with Crippen molar-refractivity contribution in [2.75, 3.05) is 0 Å². The van der Waals surface area contributed by atoms with Crippen LogP contribution in [0.3, 0.4) is 0 Å². The van der Waals surface area contributed by atoms with Crippen LogP contribution in [0.15, 0.2) is 47.4 Å². The summed E-state index contributed by atoms with van der Waals surface area (Å²) in [5.41, 5.74) is 3.13. The van der Waals surface area contributed by atoms with Crippen molar-refractivity contribution in [3.63, 3.8) is 0 Å². The van der Waals surface area contributed by atoms with Crippen molar-refractivity contribution in [2.45, 2.75) is 30.3 Å². The van der Waals surface area contributed by atoms with Gasteiger partial charge in [-0.2, -0.15) is 11.8 Å². The van der Waals surface area contributed by atoms with Crippen molar-refractivity contribution < 1.29 is 0 Å². The molecule has 1 aromatic carbocycles. The number of aromatic nitrogens is 3. The first kappa shape index (κ1) is 14.5. The SMILES string of the molecule is O=c1cc(CSCc2ccc3ncccc3c2)nc(C2CC2)[nH]1. The third-order valence-electron chi connectivity index (χ3n) is 3.96. The monoisotopic (exact) mass is 323 g/mol. The highest BCUT2D eigenvalue weighted by Gasteiger charge is 2.26. The van der Waals surface area contributed by atoms with E-state index in [0.717, 1.165) is 46.8 Å². The Bertz CT molecular complexity index is 902. The van der Waals surface area contributed by atoms with E-state index in [0.29, 0.717) is 5.92 Å². The Morgan fingerprint density at radius 3 is 2.96 bits per heavy atom. The van der Waals surface area contributed by atoms with Crippen LogP contribution in [0.25, 0.3) is 10.9 Å². The molecule has 0 spiro atoms. The largest absolute Gasteiger partial charge is 0.310 e. The van der Waals surface area contributed by atoms with Gasteiger partial charge in [-0.25, -0.2) is 4.98 Å². The van der Waals surface area contributed by atoms with E-state index in [9.17, 15) is 4.79 Å². The van der Waals surface area contributed by atoms with Gasteiger partial charge in [0.05, 0.1) is 11.2 Å². The van der Waals surface area contributed by atoms with Crippen molar-refractivity contribution in [1.82, 2.24) is 15.0 Å². The quantitative estimate of drug-likeness (QED) is 0.779. The fourth-order valence-electron chi connectivity index (χ4n) is 2.64. The van der Waals surface area contributed by atoms with E-state index < -0.39 is 0 Å². The molecule has 5 heteroatoms. The Kier molecular flexibility index (Phi) is 3.87. The van der Waals surface area contributed by atoms with Gasteiger partial charge in [-0.3, -0.25) is 9.78 Å². The van der Waals surface area contributed by atoms with Crippen LogP contribution in [0.4, 0.5) is 0 Å². The highest BCUT2D eigenvalue weighted by atomic mass is 32.2. The molecule has 0 radical (unpaired) electrons. The van der Waals surface area contributed by atoms with Crippen molar-refractivity contribution >= 4 is 22.7 Å². The molecule has 3 aromatic rings. The zero-order valence-electron chi connectivity index (χ0n) is 12.7. The van der Waals surface area contributed by atoms with Crippen LogP contribution in [-0.4, -0.2) is 15.0 Å². The van der Waals surface area contributed by atoms with Crippen LogP contribution in [0.2, 0.25) is 0 Å². The summed E-state index contributed by atoms with van der Waals surface area (Å²) in [5, 5.41) is 1.16. The molecule has 2 aromatic heterocycles. The second kappa shape index (κ2) is 6.16. The standard InChI is InChI=1S/C18H17N3OS/c22-17-9-15(20-18(21-17)13-4-5-13)11-23-10-12-3-6-16-14(8-12)2-1-7-19-16/h1-3,6-9,13H,4-5,10-11H2,(H,20,21,22). The number of rotatable bonds is 5. The first-order valence-electron chi connectivity index (χ1n) is 7.79. The lowest BCUT2D eigenvalue weighted by Crippen LogP contribution is -2.11. The molecular formula is C18H17N3OS. The van der Waals surface area contributed by atoms with Crippen LogP contribution in [0.5, 0.6) is 0 Å². The molecule has 116 valence electrons.